The van der Waals surface area contributed by atoms with Gasteiger partial charge in [0.05, 0.1) is 35.3 Å². The van der Waals surface area contributed by atoms with Crippen LogP contribution in [0.2, 0.25) is 0 Å². The minimum absolute atomic E-state index is 0.0695. The highest BCUT2D eigenvalue weighted by Gasteiger charge is 2.49. The van der Waals surface area contributed by atoms with E-state index in [2.05, 4.69) is 11.9 Å². The highest BCUT2D eigenvalue weighted by molar-refractivity contribution is 7.22. The van der Waals surface area contributed by atoms with Gasteiger partial charge < -0.3 is 19.0 Å². The molecule has 2 aromatic heterocycles. The number of benzene rings is 2. The van der Waals surface area contributed by atoms with Crippen LogP contribution in [-0.2, 0) is 9.59 Å². The van der Waals surface area contributed by atoms with Gasteiger partial charge in [0, 0.05) is 5.56 Å². The van der Waals surface area contributed by atoms with Crippen LogP contribution in [0.1, 0.15) is 44.1 Å². The Bertz CT molecular complexity index is 1470. The van der Waals surface area contributed by atoms with Gasteiger partial charge in [0.1, 0.15) is 29.1 Å². The lowest BCUT2D eigenvalue weighted by Crippen LogP contribution is -2.29. The minimum Gasteiger partial charge on any atom is -0.507 e. The van der Waals surface area contributed by atoms with Crippen molar-refractivity contribution in [3.05, 3.63) is 77.8 Å². The molecule has 190 valence electrons. The fourth-order valence-corrected chi connectivity index (χ4v) is 5.24. The number of carbonyl (C=O) groups is 2. The number of unbranched alkanes of at least 4 members (excludes halogenated alkanes) is 1. The number of ether oxygens (including phenoxy) is 2. The number of hydrogen-bond donors (Lipinski definition) is 1. The molecule has 1 N–H and O–H groups in total. The molecule has 0 aliphatic carbocycles. The number of furan rings is 1. The number of ketones is 1. The van der Waals surface area contributed by atoms with Gasteiger partial charge in [-0.2, -0.15) is 0 Å². The minimum atomic E-state index is -0.980. The number of anilines is 1. The van der Waals surface area contributed by atoms with Gasteiger partial charge in [-0.25, -0.2) is 4.98 Å². The third-order valence-corrected chi connectivity index (χ3v) is 7.01. The lowest BCUT2D eigenvalue weighted by molar-refractivity contribution is -0.132. The number of carbonyl (C=O) groups excluding carboxylic acids is 2. The second-order valence-corrected chi connectivity index (χ2v) is 9.48. The number of amides is 1. The summed E-state index contributed by atoms with van der Waals surface area (Å²) < 4.78 is 17.8. The summed E-state index contributed by atoms with van der Waals surface area (Å²) >= 11 is 1.26. The molecule has 1 saturated heterocycles. The van der Waals surface area contributed by atoms with E-state index < -0.39 is 17.7 Å². The van der Waals surface area contributed by atoms with Crippen molar-refractivity contribution in [3.63, 3.8) is 0 Å². The molecule has 0 spiro atoms. The summed E-state index contributed by atoms with van der Waals surface area (Å²) in [6.07, 6.45) is 3.35. The maximum absolute atomic E-state index is 13.4. The molecular formula is C28H26N2O6S. The molecule has 0 radical (unpaired) electrons. The number of rotatable bonds is 9. The van der Waals surface area contributed by atoms with E-state index in [0.29, 0.717) is 46.7 Å². The van der Waals surface area contributed by atoms with Gasteiger partial charge in [-0.3, -0.25) is 14.5 Å². The zero-order chi connectivity index (χ0) is 25.9. The van der Waals surface area contributed by atoms with Gasteiger partial charge in [0.25, 0.3) is 5.78 Å². The van der Waals surface area contributed by atoms with Crippen LogP contribution in [0.3, 0.4) is 0 Å². The van der Waals surface area contributed by atoms with Crippen LogP contribution in [-0.4, -0.2) is 35.0 Å². The second kappa shape index (κ2) is 10.5. The number of aliphatic hydroxyl groups is 1. The Morgan fingerprint density at radius 2 is 1.92 bits per heavy atom. The Hall–Kier alpha value is -4.11. The van der Waals surface area contributed by atoms with E-state index in [0.717, 1.165) is 17.5 Å². The van der Waals surface area contributed by atoms with Crippen molar-refractivity contribution in [2.75, 3.05) is 18.1 Å². The van der Waals surface area contributed by atoms with Crippen LogP contribution in [0, 0.1) is 0 Å². The van der Waals surface area contributed by atoms with E-state index in [4.69, 9.17) is 13.9 Å². The average Bonchev–Trinajstić information content (AvgIpc) is 3.63. The molecule has 37 heavy (non-hydrogen) atoms. The van der Waals surface area contributed by atoms with E-state index in [1.54, 1.807) is 36.4 Å². The predicted molar refractivity (Wildman–Crippen MR) is 141 cm³/mol. The molecule has 3 heterocycles. The quantitative estimate of drug-likeness (QED) is 0.124. The number of fused-ring (bicyclic) bond motifs is 1. The van der Waals surface area contributed by atoms with E-state index in [1.807, 2.05) is 25.1 Å². The first-order valence-corrected chi connectivity index (χ1v) is 12.9. The highest BCUT2D eigenvalue weighted by atomic mass is 32.1. The van der Waals surface area contributed by atoms with Crippen molar-refractivity contribution in [2.45, 2.75) is 32.7 Å². The van der Waals surface area contributed by atoms with Crippen LogP contribution in [0.15, 0.2) is 70.9 Å². The Morgan fingerprint density at radius 3 is 2.68 bits per heavy atom. The summed E-state index contributed by atoms with van der Waals surface area (Å²) in [6, 6.07) is 14.7. The maximum Gasteiger partial charge on any atom is 0.302 e. The second-order valence-electron chi connectivity index (χ2n) is 8.47. The van der Waals surface area contributed by atoms with Crippen molar-refractivity contribution in [1.82, 2.24) is 4.98 Å². The van der Waals surface area contributed by atoms with Crippen molar-refractivity contribution in [3.8, 4) is 11.5 Å². The lowest BCUT2D eigenvalue weighted by Gasteiger charge is -2.20. The molecule has 5 rings (SSSR count). The maximum atomic E-state index is 13.4. The fraction of sp³-hybridized carbons (Fsp3) is 0.250. The first-order chi connectivity index (χ1) is 18.0. The first-order valence-electron chi connectivity index (χ1n) is 12.1. The van der Waals surface area contributed by atoms with Crippen molar-refractivity contribution < 1.29 is 28.6 Å². The largest absolute Gasteiger partial charge is 0.507 e. The zero-order valence-electron chi connectivity index (χ0n) is 20.5. The van der Waals surface area contributed by atoms with Gasteiger partial charge >= 0.3 is 5.91 Å². The molecule has 8 nitrogen and oxygen atoms in total. The molecule has 2 aromatic carbocycles. The van der Waals surface area contributed by atoms with Crippen LogP contribution in [0.5, 0.6) is 11.5 Å². The summed E-state index contributed by atoms with van der Waals surface area (Å²) in [5.41, 5.74) is 0.967. The molecular weight excluding hydrogens is 492 g/mol. The van der Waals surface area contributed by atoms with E-state index in [1.165, 1.54) is 22.5 Å². The summed E-state index contributed by atoms with van der Waals surface area (Å²) in [5.74, 6) is -0.311. The summed E-state index contributed by atoms with van der Waals surface area (Å²) in [4.78, 5) is 32.6. The topological polar surface area (TPSA) is 102 Å². The molecule has 9 heteroatoms. The van der Waals surface area contributed by atoms with Crippen molar-refractivity contribution >= 4 is 44.1 Å². The Balaban J connectivity index is 1.59. The number of aromatic nitrogens is 1. The number of aliphatic hydroxyl groups excluding tert-OH is 1. The van der Waals surface area contributed by atoms with Gasteiger partial charge in [-0.15, -0.1) is 0 Å². The smallest absolute Gasteiger partial charge is 0.302 e. The Labute approximate surface area is 217 Å². The molecule has 0 saturated carbocycles. The van der Waals surface area contributed by atoms with Crippen LogP contribution in [0.25, 0.3) is 16.0 Å². The monoisotopic (exact) mass is 518 g/mol. The van der Waals surface area contributed by atoms with Gasteiger partial charge in [-0.05, 0) is 55.8 Å². The normalized spacial score (nSPS) is 17.0. The first kappa shape index (κ1) is 24.6. The molecule has 1 atom stereocenters. The summed E-state index contributed by atoms with van der Waals surface area (Å²) in [6.45, 7) is 5.04. The van der Waals surface area contributed by atoms with Crippen LogP contribution >= 0.6 is 11.3 Å². The molecule has 0 bridgehead atoms. The molecule has 1 aliphatic heterocycles. The van der Waals surface area contributed by atoms with E-state index in [-0.39, 0.29) is 11.3 Å². The lowest BCUT2D eigenvalue weighted by atomic mass is 9.99. The zero-order valence-corrected chi connectivity index (χ0v) is 21.3. The van der Waals surface area contributed by atoms with Crippen LogP contribution < -0.4 is 14.4 Å². The molecule has 1 amide bonds. The summed E-state index contributed by atoms with van der Waals surface area (Å²) in [5, 5.41) is 11.6. The Kier molecular flexibility index (Phi) is 6.96. The number of hydrogen-bond acceptors (Lipinski definition) is 8. The third-order valence-electron chi connectivity index (χ3n) is 6.00. The number of thiazole rings is 1. The SMILES string of the molecule is CCCCOc1cccc(/C(O)=C2\C(=O)C(=O)N(c3nc4ccc(OCC)cc4s3)C2c2ccco2)c1. The van der Waals surface area contributed by atoms with Crippen molar-refractivity contribution in [1.29, 1.82) is 0 Å². The number of nitrogens with zero attached hydrogens (tertiary/aromatic N) is 2. The van der Waals surface area contributed by atoms with Crippen molar-refractivity contribution in [2.24, 2.45) is 0 Å². The van der Waals surface area contributed by atoms with E-state index >= 15 is 0 Å². The van der Waals surface area contributed by atoms with Crippen LogP contribution in [0.4, 0.5) is 5.13 Å². The fourth-order valence-electron chi connectivity index (χ4n) is 4.22. The number of Topliss-reactive ketones (excluding diaryl/α,β-unsaturated/α-hetero) is 1. The van der Waals surface area contributed by atoms with Gasteiger partial charge in [0.15, 0.2) is 5.13 Å². The van der Waals surface area contributed by atoms with E-state index in [9.17, 15) is 14.7 Å². The predicted octanol–water partition coefficient (Wildman–Crippen LogP) is 6.09. The average molecular weight is 519 g/mol. The Morgan fingerprint density at radius 1 is 1.08 bits per heavy atom. The highest BCUT2D eigenvalue weighted by Crippen LogP contribution is 2.44. The third kappa shape index (κ3) is 4.70. The molecule has 1 unspecified atom stereocenters. The molecule has 4 aromatic rings. The molecule has 1 fully saturated rings. The van der Waals surface area contributed by atoms with Gasteiger partial charge in [-0.1, -0.05) is 36.8 Å². The standard InChI is InChI=1S/C28H26N2O6S/c1-3-5-13-35-18-9-6-8-17(15-18)25(31)23-24(21-10-7-14-36-21)30(27(33)26(23)32)28-29-20-12-11-19(34-4-2)16-22(20)37-28/h6-12,14-16,24,31H,3-5,13H2,1-2H3/b25-23+. The molecule has 1 aliphatic rings. The summed E-state index contributed by atoms with van der Waals surface area (Å²) in [7, 11) is 0. The van der Waals surface area contributed by atoms with Gasteiger partial charge in [0.2, 0.25) is 0 Å².